The van der Waals surface area contributed by atoms with Gasteiger partial charge in [-0.2, -0.15) is 0 Å². The van der Waals surface area contributed by atoms with Gasteiger partial charge in [0.05, 0.1) is 11.0 Å². The molecule has 0 radical (unpaired) electrons. The largest absolute Gasteiger partial charge is 0.337 e. The van der Waals surface area contributed by atoms with Crippen LogP contribution >= 0.6 is 0 Å². The van der Waals surface area contributed by atoms with Crippen LogP contribution in [-0.4, -0.2) is 4.57 Å². The van der Waals surface area contributed by atoms with Crippen LogP contribution in [0.4, 0.5) is 11.4 Å². The first-order valence-electron chi connectivity index (χ1n) is 20.8. The average Bonchev–Trinajstić information content (AvgIpc) is 3.75. The van der Waals surface area contributed by atoms with E-state index >= 15 is 0 Å². The van der Waals surface area contributed by atoms with Crippen molar-refractivity contribution in [3.63, 3.8) is 0 Å². The molecule has 0 unspecified atom stereocenters. The fourth-order valence-electron chi connectivity index (χ4n) is 9.82. The van der Waals surface area contributed by atoms with Crippen LogP contribution in [0.5, 0.6) is 0 Å². The minimum absolute atomic E-state index is 0.0935. The second kappa shape index (κ2) is 14.0. The van der Waals surface area contributed by atoms with E-state index in [2.05, 4.69) is 230 Å². The predicted molar refractivity (Wildman–Crippen MR) is 249 cm³/mol. The lowest BCUT2D eigenvalue weighted by Crippen LogP contribution is -2.20. The number of anilines is 2. The molecule has 0 saturated heterocycles. The molecule has 0 saturated carbocycles. The van der Waals surface area contributed by atoms with Crippen molar-refractivity contribution >= 4 is 44.0 Å². The Morgan fingerprint density at radius 3 is 1.95 bits per heavy atom. The SMILES string of the molecule is CC1(C)c2ccccc2-c2ccc(N(Cc3ccccc3Cc3ccccc3)c3ccc(-n4c5ccccc5c5c6c(-c7ccccc7)cccc6ccc54)cc3)cc21. The lowest BCUT2D eigenvalue weighted by atomic mass is 9.82. The fourth-order valence-corrected chi connectivity index (χ4v) is 9.82. The summed E-state index contributed by atoms with van der Waals surface area (Å²) in [5, 5.41) is 5.10. The summed E-state index contributed by atoms with van der Waals surface area (Å²) in [6.45, 7) is 5.49. The highest BCUT2D eigenvalue weighted by atomic mass is 15.1. The van der Waals surface area contributed by atoms with Gasteiger partial charge in [-0.1, -0.05) is 172 Å². The normalized spacial score (nSPS) is 12.8. The second-order valence-corrected chi connectivity index (χ2v) is 16.5. The summed E-state index contributed by atoms with van der Waals surface area (Å²) in [6, 6.07) is 76.0. The zero-order valence-corrected chi connectivity index (χ0v) is 33.4. The third-order valence-electron chi connectivity index (χ3n) is 12.7. The Morgan fingerprint density at radius 1 is 0.458 bits per heavy atom. The summed E-state index contributed by atoms with van der Waals surface area (Å²) >= 11 is 0. The van der Waals surface area contributed by atoms with Crippen LogP contribution in [0.2, 0.25) is 0 Å². The Morgan fingerprint density at radius 2 is 1.12 bits per heavy atom. The van der Waals surface area contributed by atoms with Gasteiger partial charge in [0, 0.05) is 39.8 Å². The Kier molecular flexibility index (Phi) is 8.34. The first-order chi connectivity index (χ1) is 29.0. The van der Waals surface area contributed by atoms with Crippen LogP contribution in [0.3, 0.4) is 0 Å². The van der Waals surface area contributed by atoms with Crippen LogP contribution < -0.4 is 4.90 Å². The Balaban J connectivity index is 1.05. The van der Waals surface area contributed by atoms with E-state index in [4.69, 9.17) is 0 Å². The smallest absolute Gasteiger partial charge is 0.0547 e. The van der Waals surface area contributed by atoms with E-state index in [1.54, 1.807) is 0 Å². The summed E-state index contributed by atoms with van der Waals surface area (Å²) in [4.78, 5) is 2.51. The van der Waals surface area contributed by atoms with E-state index in [1.165, 1.54) is 88.3 Å². The van der Waals surface area contributed by atoms with Crippen molar-refractivity contribution in [1.82, 2.24) is 4.57 Å². The third-order valence-corrected chi connectivity index (χ3v) is 12.7. The van der Waals surface area contributed by atoms with Crippen LogP contribution in [-0.2, 0) is 18.4 Å². The van der Waals surface area contributed by atoms with Gasteiger partial charge < -0.3 is 9.47 Å². The molecule has 2 nitrogen and oxygen atoms in total. The molecular formula is C57H44N2. The summed E-state index contributed by atoms with van der Waals surface area (Å²) in [6.07, 6.45) is 0.894. The monoisotopic (exact) mass is 756 g/mol. The summed E-state index contributed by atoms with van der Waals surface area (Å²) < 4.78 is 2.45. The number of hydrogen-bond acceptors (Lipinski definition) is 1. The predicted octanol–water partition coefficient (Wildman–Crippen LogP) is 14.8. The van der Waals surface area contributed by atoms with Crippen LogP contribution in [0.15, 0.2) is 206 Å². The molecule has 0 fully saturated rings. The number of nitrogens with zero attached hydrogens (tertiary/aromatic N) is 2. The standard InChI is InChI=1S/C57H44N2/c1-57(2)51-26-13-11-23-48(51)49-34-33-46(37-52(49)57)58(38-43-21-10-9-20-42(43)36-39-16-5-3-6-17-39)44-29-31-45(32-30-44)59-53-27-14-12-24-50(53)56-54(59)35-28-41-22-15-25-47(55(41)56)40-18-7-4-8-19-40/h3-35,37H,36,38H2,1-2H3. The quantitative estimate of drug-likeness (QED) is 0.150. The first-order valence-corrected chi connectivity index (χ1v) is 20.8. The minimum atomic E-state index is -0.0935. The number of fused-ring (bicyclic) bond motifs is 8. The topological polar surface area (TPSA) is 8.17 Å². The van der Waals surface area contributed by atoms with Gasteiger partial charge in [0.1, 0.15) is 0 Å². The highest BCUT2D eigenvalue weighted by Crippen LogP contribution is 2.50. The second-order valence-electron chi connectivity index (χ2n) is 16.5. The third kappa shape index (κ3) is 5.86. The number of benzene rings is 9. The molecule has 1 aliphatic rings. The lowest BCUT2D eigenvalue weighted by molar-refractivity contribution is 0.660. The molecule has 10 aromatic rings. The Hall–Kier alpha value is -7.16. The summed E-state index contributed by atoms with van der Waals surface area (Å²) in [7, 11) is 0. The van der Waals surface area contributed by atoms with E-state index in [-0.39, 0.29) is 5.41 Å². The molecule has 0 N–H and O–H groups in total. The molecule has 1 aromatic heterocycles. The van der Waals surface area contributed by atoms with E-state index in [9.17, 15) is 0 Å². The molecule has 9 aromatic carbocycles. The molecule has 0 atom stereocenters. The first kappa shape index (κ1) is 35.0. The van der Waals surface area contributed by atoms with Crippen LogP contribution in [0.25, 0.3) is 60.5 Å². The number of rotatable bonds is 8. The van der Waals surface area contributed by atoms with Gasteiger partial charge >= 0.3 is 0 Å². The maximum Gasteiger partial charge on any atom is 0.0547 e. The van der Waals surface area contributed by atoms with Crippen molar-refractivity contribution in [3.05, 3.63) is 234 Å². The minimum Gasteiger partial charge on any atom is -0.337 e. The van der Waals surface area contributed by atoms with Crippen molar-refractivity contribution < 1.29 is 0 Å². The van der Waals surface area contributed by atoms with Gasteiger partial charge in [0.15, 0.2) is 0 Å². The molecule has 11 rings (SSSR count). The van der Waals surface area contributed by atoms with Crippen molar-refractivity contribution in [3.8, 4) is 27.9 Å². The van der Waals surface area contributed by atoms with E-state index in [0.29, 0.717) is 0 Å². The highest BCUT2D eigenvalue weighted by Gasteiger charge is 2.35. The van der Waals surface area contributed by atoms with Crippen molar-refractivity contribution in [2.45, 2.75) is 32.2 Å². The van der Waals surface area contributed by atoms with E-state index in [1.807, 2.05) is 0 Å². The highest BCUT2D eigenvalue weighted by molar-refractivity contribution is 6.24. The maximum absolute atomic E-state index is 2.51. The Bertz CT molecular complexity index is 3170. The summed E-state index contributed by atoms with van der Waals surface area (Å²) in [5.41, 5.74) is 17.8. The van der Waals surface area contributed by atoms with Gasteiger partial charge in [-0.25, -0.2) is 0 Å². The molecule has 282 valence electrons. The van der Waals surface area contributed by atoms with Gasteiger partial charge in [-0.05, 0) is 116 Å². The molecule has 0 spiro atoms. The van der Waals surface area contributed by atoms with Gasteiger partial charge in [0.25, 0.3) is 0 Å². The molecule has 0 aliphatic heterocycles. The lowest BCUT2D eigenvalue weighted by Gasteiger charge is -2.29. The number of para-hydroxylation sites is 1. The van der Waals surface area contributed by atoms with E-state index in [0.717, 1.165) is 24.3 Å². The van der Waals surface area contributed by atoms with Gasteiger partial charge in [-0.3, -0.25) is 0 Å². The van der Waals surface area contributed by atoms with Crippen LogP contribution in [0, 0.1) is 0 Å². The Labute approximate surface area is 346 Å². The molecule has 0 amide bonds. The zero-order valence-electron chi connectivity index (χ0n) is 33.4. The number of hydrogen-bond donors (Lipinski definition) is 0. The maximum atomic E-state index is 2.51. The number of aromatic nitrogens is 1. The molecule has 0 bridgehead atoms. The van der Waals surface area contributed by atoms with Crippen molar-refractivity contribution in [2.75, 3.05) is 4.90 Å². The van der Waals surface area contributed by atoms with Gasteiger partial charge in [-0.15, -0.1) is 0 Å². The molecular weight excluding hydrogens is 713 g/mol. The van der Waals surface area contributed by atoms with E-state index < -0.39 is 0 Å². The molecule has 2 heteroatoms. The summed E-state index contributed by atoms with van der Waals surface area (Å²) in [5.74, 6) is 0. The van der Waals surface area contributed by atoms with Crippen molar-refractivity contribution in [2.24, 2.45) is 0 Å². The van der Waals surface area contributed by atoms with Crippen molar-refractivity contribution in [1.29, 1.82) is 0 Å². The van der Waals surface area contributed by atoms with Crippen LogP contribution in [0.1, 0.15) is 41.7 Å². The zero-order chi connectivity index (χ0) is 39.5. The molecule has 59 heavy (non-hydrogen) atoms. The van der Waals surface area contributed by atoms with Gasteiger partial charge in [0.2, 0.25) is 0 Å². The molecule has 1 heterocycles. The average molecular weight is 757 g/mol. The molecule has 1 aliphatic carbocycles. The fraction of sp³-hybridized carbons (Fsp3) is 0.0877.